The van der Waals surface area contributed by atoms with Crippen LogP contribution < -0.4 is 5.32 Å². The number of nitrogens with zero attached hydrogens (tertiary/aromatic N) is 4. The van der Waals surface area contributed by atoms with E-state index in [4.69, 9.17) is 0 Å². The molecule has 0 aliphatic carbocycles. The Morgan fingerprint density at radius 3 is 2.91 bits per heavy atom. The van der Waals surface area contributed by atoms with Gasteiger partial charge in [-0.3, -0.25) is 23.4 Å². The minimum Gasteiger partial charge on any atom is -0.477 e. The fraction of sp³-hybridized carbons (Fsp3) is 0.389. The molecule has 2 aromatic heterocycles. The van der Waals surface area contributed by atoms with Crippen LogP contribution in [0.2, 0.25) is 0 Å². The maximum atomic E-state index is 12.7. The van der Waals surface area contributed by atoms with Gasteiger partial charge in [-0.05, 0) is 23.9 Å². The molecule has 2 aliphatic heterocycles. The van der Waals surface area contributed by atoms with Crippen LogP contribution in [0, 0.1) is 0 Å². The number of β-lactam (4-membered cyclic amide) rings is 1. The Kier molecular flexibility index (Phi) is 7.02. The number of carboxylic acids is 1. The molecule has 32 heavy (non-hydrogen) atoms. The SMILES string of the molecule is CCn1cnc(SCC2=C(C(=O)O)N3C(=O)C(NC(=O)CS(=O)c4cccs4)C3SC2)n1. The van der Waals surface area contributed by atoms with E-state index < -0.39 is 40.0 Å². The fourth-order valence-electron chi connectivity index (χ4n) is 3.24. The average Bonchev–Trinajstić information content (AvgIpc) is 3.47. The number of aliphatic carboxylic acids is 1. The molecule has 2 N–H and O–H groups in total. The molecule has 0 bridgehead atoms. The van der Waals surface area contributed by atoms with Crippen molar-refractivity contribution >= 4 is 63.4 Å². The smallest absolute Gasteiger partial charge is 0.352 e. The van der Waals surface area contributed by atoms with Gasteiger partial charge in [-0.15, -0.1) is 28.2 Å². The second kappa shape index (κ2) is 9.77. The summed E-state index contributed by atoms with van der Waals surface area (Å²) in [6.07, 6.45) is 1.61. The molecule has 0 aromatic carbocycles. The Morgan fingerprint density at radius 2 is 2.25 bits per heavy atom. The lowest BCUT2D eigenvalue weighted by Gasteiger charge is -2.49. The zero-order chi connectivity index (χ0) is 22.8. The molecular weight excluding hydrogens is 494 g/mol. The van der Waals surface area contributed by atoms with Crippen molar-refractivity contribution in [2.24, 2.45) is 0 Å². The molecule has 4 rings (SSSR count). The van der Waals surface area contributed by atoms with Gasteiger partial charge >= 0.3 is 5.97 Å². The van der Waals surface area contributed by atoms with Crippen molar-refractivity contribution < 1.29 is 23.7 Å². The van der Waals surface area contributed by atoms with Gasteiger partial charge in [-0.1, -0.05) is 17.8 Å². The minimum absolute atomic E-state index is 0.0474. The van der Waals surface area contributed by atoms with Crippen LogP contribution in [-0.2, 0) is 31.7 Å². The lowest BCUT2D eigenvalue weighted by atomic mass is 10.0. The van der Waals surface area contributed by atoms with Crippen molar-refractivity contribution in [3.63, 3.8) is 0 Å². The number of hydrogen-bond acceptors (Lipinski definition) is 9. The summed E-state index contributed by atoms with van der Waals surface area (Å²) in [5.41, 5.74) is 0.558. The first kappa shape index (κ1) is 23.0. The summed E-state index contributed by atoms with van der Waals surface area (Å²) >= 11 is 4.00. The highest BCUT2D eigenvalue weighted by Crippen LogP contribution is 2.41. The van der Waals surface area contributed by atoms with Gasteiger partial charge in [0.25, 0.3) is 5.91 Å². The van der Waals surface area contributed by atoms with E-state index in [0.29, 0.717) is 33.0 Å². The Morgan fingerprint density at radius 1 is 1.44 bits per heavy atom. The molecule has 0 spiro atoms. The second-order valence-corrected chi connectivity index (χ2v) is 11.5. The Labute approximate surface area is 198 Å². The predicted molar refractivity (Wildman–Crippen MR) is 122 cm³/mol. The lowest BCUT2D eigenvalue weighted by Crippen LogP contribution is -2.70. The van der Waals surface area contributed by atoms with E-state index in [-0.39, 0.29) is 11.4 Å². The van der Waals surface area contributed by atoms with Crippen LogP contribution in [0.4, 0.5) is 0 Å². The van der Waals surface area contributed by atoms with Gasteiger partial charge in [0.1, 0.15) is 29.2 Å². The first-order valence-electron chi connectivity index (χ1n) is 9.52. The molecule has 14 heteroatoms. The van der Waals surface area contributed by atoms with E-state index in [9.17, 15) is 23.7 Å². The van der Waals surface area contributed by atoms with Gasteiger partial charge in [0.15, 0.2) is 0 Å². The highest BCUT2D eigenvalue weighted by molar-refractivity contribution is 8.01. The number of amides is 2. The minimum atomic E-state index is -1.48. The van der Waals surface area contributed by atoms with Crippen molar-refractivity contribution in [3.05, 3.63) is 35.1 Å². The molecule has 3 atom stereocenters. The molecule has 2 amide bonds. The summed E-state index contributed by atoms with van der Waals surface area (Å²) in [6, 6.07) is 2.61. The van der Waals surface area contributed by atoms with Crippen molar-refractivity contribution in [2.75, 3.05) is 17.3 Å². The Bertz CT molecular complexity index is 1100. The number of nitrogens with one attached hydrogen (secondary N) is 1. The van der Waals surface area contributed by atoms with Crippen LogP contribution in [0.3, 0.4) is 0 Å². The average molecular weight is 514 g/mol. The highest BCUT2D eigenvalue weighted by Gasteiger charge is 2.54. The molecule has 3 unspecified atom stereocenters. The first-order valence-corrected chi connectivity index (χ1v) is 13.8. The number of fused-ring (bicyclic) bond motifs is 1. The third-order valence-electron chi connectivity index (χ3n) is 4.76. The van der Waals surface area contributed by atoms with E-state index in [2.05, 4.69) is 15.4 Å². The number of thiophene rings is 1. The summed E-state index contributed by atoms with van der Waals surface area (Å²) in [5, 5.41) is 18.4. The van der Waals surface area contributed by atoms with Crippen molar-refractivity contribution in [3.8, 4) is 0 Å². The Hall–Kier alpha value is -2.16. The third kappa shape index (κ3) is 4.63. The van der Waals surface area contributed by atoms with E-state index in [0.717, 1.165) is 0 Å². The van der Waals surface area contributed by atoms with E-state index in [1.165, 1.54) is 39.8 Å². The largest absolute Gasteiger partial charge is 0.477 e. The normalized spacial score (nSPS) is 21.2. The van der Waals surface area contributed by atoms with E-state index in [1.54, 1.807) is 28.5 Å². The molecule has 0 saturated carbocycles. The summed E-state index contributed by atoms with van der Waals surface area (Å²) in [6.45, 7) is 2.63. The maximum absolute atomic E-state index is 12.7. The second-order valence-electron chi connectivity index (χ2n) is 6.81. The molecule has 1 fully saturated rings. The zero-order valence-electron chi connectivity index (χ0n) is 16.8. The zero-order valence-corrected chi connectivity index (χ0v) is 20.1. The molecule has 2 aromatic rings. The molecule has 10 nitrogen and oxygen atoms in total. The molecule has 2 aliphatic rings. The number of rotatable bonds is 9. The predicted octanol–water partition coefficient (Wildman–Crippen LogP) is 0.998. The summed E-state index contributed by atoms with van der Waals surface area (Å²) in [7, 11) is -1.48. The number of carbonyl (C=O) groups excluding carboxylic acids is 2. The van der Waals surface area contributed by atoms with Gasteiger partial charge < -0.3 is 10.4 Å². The topological polar surface area (TPSA) is 134 Å². The molecule has 170 valence electrons. The number of aryl methyl sites for hydroxylation is 1. The summed E-state index contributed by atoms with van der Waals surface area (Å²) in [5.74, 6) is -1.67. The van der Waals surface area contributed by atoms with Crippen molar-refractivity contribution in [1.82, 2.24) is 25.0 Å². The highest BCUT2D eigenvalue weighted by atomic mass is 32.2. The quantitative estimate of drug-likeness (QED) is 0.372. The fourth-order valence-corrected chi connectivity index (χ4v) is 7.46. The van der Waals surface area contributed by atoms with Crippen LogP contribution in [0.5, 0.6) is 0 Å². The van der Waals surface area contributed by atoms with Gasteiger partial charge in [-0.25, -0.2) is 9.78 Å². The molecule has 1 saturated heterocycles. The lowest BCUT2D eigenvalue weighted by molar-refractivity contribution is -0.150. The van der Waals surface area contributed by atoms with Crippen LogP contribution in [0.15, 0.2) is 44.5 Å². The van der Waals surface area contributed by atoms with Crippen molar-refractivity contribution in [1.29, 1.82) is 0 Å². The summed E-state index contributed by atoms with van der Waals surface area (Å²) in [4.78, 5) is 42.4. The van der Waals surface area contributed by atoms with E-state index in [1.807, 2.05) is 6.92 Å². The number of thioether (sulfide) groups is 2. The van der Waals surface area contributed by atoms with Crippen LogP contribution in [0.1, 0.15) is 6.92 Å². The van der Waals surface area contributed by atoms with Crippen LogP contribution >= 0.6 is 34.9 Å². The maximum Gasteiger partial charge on any atom is 0.352 e. The van der Waals surface area contributed by atoms with Crippen molar-refractivity contribution in [2.45, 2.75) is 34.2 Å². The molecular formula is C18H19N5O5S4. The van der Waals surface area contributed by atoms with Gasteiger partial charge in [0.2, 0.25) is 11.1 Å². The number of hydrogen-bond donors (Lipinski definition) is 2. The van der Waals surface area contributed by atoms with Crippen LogP contribution in [-0.4, -0.2) is 75.4 Å². The first-order chi connectivity index (χ1) is 15.4. The molecule has 0 radical (unpaired) electrons. The monoisotopic (exact) mass is 513 g/mol. The number of aromatic nitrogens is 3. The van der Waals surface area contributed by atoms with Gasteiger partial charge in [0, 0.05) is 18.1 Å². The summed E-state index contributed by atoms with van der Waals surface area (Å²) < 4.78 is 14.5. The van der Waals surface area contributed by atoms with E-state index >= 15 is 0 Å². The number of carboxylic acid groups (broad SMARTS) is 1. The van der Waals surface area contributed by atoms with Crippen LogP contribution in [0.25, 0.3) is 0 Å². The standard InChI is InChI=1S/C18H19N5O5S4/c1-2-22-9-19-18(21-22)31-7-10-6-30-16-13(15(25)23(16)14(10)17(26)27)20-11(24)8-32(28)12-4-3-5-29-12/h3-5,9,13,16H,2,6-8H2,1H3,(H,20,24)(H,26,27). The number of carbonyl (C=O) groups is 3. The Balaban J connectivity index is 1.40. The third-order valence-corrected chi connectivity index (χ3v) is 9.66. The van der Waals surface area contributed by atoms with Gasteiger partial charge in [-0.2, -0.15) is 0 Å². The molecule has 4 heterocycles. The van der Waals surface area contributed by atoms with Gasteiger partial charge in [0.05, 0.1) is 15.0 Å².